The molecule has 0 saturated carbocycles. The van der Waals surface area contributed by atoms with Crippen LogP contribution in [0.4, 0.5) is 0 Å². The van der Waals surface area contributed by atoms with Gasteiger partial charge in [0.15, 0.2) is 0 Å². The first kappa shape index (κ1) is 12.7. The lowest BCUT2D eigenvalue weighted by atomic mass is 10.2. The molecule has 104 valence electrons. The van der Waals surface area contributed by atoms with Crippen molar-refractivity contribution in [3.8, 4) is 0 Å². The number of imidazole rings is 1. The maximum atomic E-state index is 12.2. The monoisotopic (exact) mass is 272 g/mol. The number of nitrogens with zero attached hydrogens (tertiary/aromatic N) is 4. The largest absolute Gasteiger partial charge is 0.342 e. The number of carbonyl (C=O) groups is 2. The van der Waals surface area contributed by atoms with Gasteiger partial charge in [0.25, 0.3) is 0 Å². The zero-order valence-corrected chi connectivity index (χ0v) is 11.1. The van der Waals surface area contributed by atoms with Crippen molar-refractivity contribution in [3.63, 3.8) is 0 Å². The van der Waals surface area contributed by atoms with E-state index in [4.69, 9.17) is 0 Å². The quantitative estimate of drug-likeness (QED) is 0.749. The Morgan fingerprint density at radius 1 is 1.25 bits per heavy atom. The first-order valence-electron chi connectivity index (χ1n) is 6.66. The van der Waals surface area contributed by atoms with Gasteiger partial charge in [-0.15, -0.1) is 0 Å². The SMILES string of the molecule is O=CN1CCN(C(=O)Cc2cn3ccccc3n2)CC1. The molecule has 0 aromatic carbocycles. The van der Waals surface area contributed by atoms with Crippen molar-refractivity contribution in [2.24, 2.45) is 0 Å². The highest BCUT2D eigenvalue weighted by Crippen LogP contribution is 2.08. The molecule has 1 fully saturated rings. The molecule has 2 amide bonds. The second-order valence-electron chi connectivity index (χ2n) is 4.90. The molecular weight excluding hydrogens is 256 g/mol. The van der Waals surface area contributed by atoms with Crippen molar-refractivity contribution in [2.45, 2.75) is 6.42 Å². The predicted molar refractivity (Wildman–Crippen MR) is 73.1 cm³/mol. The molecule has 0 spiro atoms. The molecule has 0 aliphatic carbocycles. The smallest absolute Gasteiger partial charge is 0.228 e. The van der Waals surface area contributed by atoms with Crippen LogP contribution < -0.4 is 0 Å². The van der Waals surface area contributed by atoms with Crippen molar-refractivity contribution in [1.82, 2.24) is 19.2 Å². The van der Waals surface area contributed by atoms with Gasteiger partial charge >= 0.3 is 0 Å². The fourth-order valence-electron chi connectivity index (χ4n) is 2.42. The second kappa shape index (κ2) is 5.32. The Kier molecular flexibility index (Phi) is 3.37. The maximum Gasteiger partial charge on any atom is 0.228 e. The Hall–Kier alpha value is -2.37. The Labute approximate surface area is 116 Å². The van der Waals surface area contributed by atoms with Gasteiger partial charge in [-0.3, -0.25) is 9.59 Å². The van der Waals surface area contributed by atoms with Crippen LogP contribution in [-0.2, 0) is 16.0 Å². The van der Waals surface area contributed by atoms with Crippen LogP contribution >= 0.6 is 0 Å². The molecule has 0 bridgehead atoms. The van der Waals surface area contributed by atoms with Crippen LogP contribution in [-0.4, -0.2) is 57.7 Å². The summed E-state index contributed by atoms with van der Waals surface area (Å²) in [6, 6.07) is 5.77. The molecule has 3 rings (SSSR count). The van der Waals surface area contributed by atoms with E-state index in [1.54, 1.807) is 9.80 Å². The maximum absolute atomic E-state index is 12.2. The number of carbonyl (C=O) groups excluding carboxylic acids is 2. The van der Waals surface area contributed by atoms with Gasteiger partial charge in [-0.1, -0.05) is 6.07 Å². The van der Waals surface area contributed by atoms with Crippen LogP contribution in [0.15, 0.2) is 30.6 Å². The molecule has 1 aliphatic heterocycles. The van der Waals surface area contributed by atoms with Gasteiger partial charge in [0.05, 0.1) is 12.1 Å². The molecule has 1 saturated heterocycles. The summed E-state index contributed by atoms with van der Waals surface area (Å²) >= 11 is 0. The van der Waals surface area contributed by atoms with Gasteiger partial charge in [-0.2, -0.15) is 0 Å². The summed E-state index contributed by atoms with van der Waals surface area (Å²) in [4.78, 5) is 30.8. The number of hydrogen-bond acceptors (Lipinski definition) is 3. The van der Waals surface area contributed by atoms with E-state index in [-0.39, 0.29) is 5.91 Å². The molecule has 6 nitrogen and oxygen atoms in total. The molecule has 0 N–H and O–H groups in total. The van der Waals surface area contributed by atoms with E-state index in [1.165, 1.54) is 0 Å². The van der Waals surface area contributed by atoms with Crippen molar-refractivity contribution in [2.75, 3.05) is 26.2 Å². The van der Waals surface area contributed by atoms with Gasteiger partial charge in [0.1, 0.15) is 5.65 Å². The summed E-state index contributed by atoms with van der Waals surface area (Å²) in [5.74, 6) is 0.0685. The fraction of sp³-hybridized carbons (Fsp3) is 0.357. The summed E-state index contributed by atoms with van der Waals surface area (Å²) in [7, 11) is 0. The van der Waals surface area contributed by atoms with E-state index in [2.05, 4.69) is 4.98 Å². The highest BCUT2D eigenvalue weighted by molar-refractivity contribution is 5.78. The van der Waals surface area contributed by atoms with E-state index in [9.17, 15) is 9.59 Å². The zero-order chi connectivity index (χ0) is 13.9. The number of amides is 2. The third-order valence-corrected chi connectivity index (χ3v) is 3.56. The summed E-state index contributed by atoms with van der Waals surface area (Å²) in [6.07, 6.45) is 4.95. The van der Waals surface area contributed by atoms with Crippen LogP contribution in [0.5, 0.6) is 0 Å². The van der Waals surface area contributed by atoms with E-state index in [0.717, 1.165) is 17.8 Å². The lowest BCUT2D eigenvalue weighted by Crippen LogP contribution is -2.48. The Morgan fingerprint density at radius 2 is 2.05 bits per heavy atom. The van der Waals surface area contributed by atoms with Crippen LogP contribution in [0.2, 0.25) is 0 Å². The summed E-state index contributed by atoms with van der Waals surface area (Å²) in [5, 5.41) is 0. The minimum Gasteiger partial charge on any atom is -0.342 e. The minimum atomic E-state index is 0.0685. The van der Waals surface area contributed by atoms with Crippen molar-refractivity contribution < 1.29 is 9.59 Å². The van der Waals surface area contributed by atoms with Gasteiger partial charge < -0.3 is 14.2 Å². The third-order valence-electron chi connectivity index (χ3n) is 3.56. The van der Waals surface area contributed by atoms with E-state index in [1.807, 2.05) is 35.0 Å². The zero-order valence-electron chi connectivity index (χ0n) is 11.1. The lowest BCUT2D eigenvalue weighted by Gasteiger charge is -2.32. The van der Waals surface area contributed by atoms with Crippen molar-refractivity contribution in [3.05, 3.63) is 36.3 Å². The predicted octanol–water partition coefficient (Wildman–Crippen LogP) is 0.177. The van der Waals surface area contributed by atoms with Crippen LogP contribution in [0.3, 0.4) is 0 Å². The van der Waals surface area contributed by atoms with Gasteiger partial charge in [-0.05, 0) is 12.1 Å². The molecule has 6 heteroatoms. The second-order valence-corrected chi connectivity index (χ2v) is 4.90. The lowest BCUT2D eigenvalue weighted by molar-refractivity contribution is -0.134. The normalized spacial score (nSPS) is 15.6. The average Bonchev–Trinajstić information content (AvgIpc) is 2.89. The van der Waals surface area contributed by atoms with Crippen molar-refractivity contribution in [1.29, 1.82) is 0 Å². The van der Waals surface area contributed by atoms with Gasteiger partial charge in [0, 0.05) is 38.6 Å². The summed E-state index contributed by atoms with van der Waals surface area (Å²) in [5.41, 5.74) is 1.63. The topological polar surface area (TPSA) is 57.9 Å². The van der Waals surface area contributed by atoms with Gasteiger partial charge in [0.2, 0.25) is 12.3 Å². The highest BCUT2D eigenvalue weighted by Gasteiger charge is 2.20. The van der Waals surface area contributed by atoms with E-state index >= 15 is 0 Å². The number of rotatable bonds is 3. The summed E-state index contributed by atoms with van der Waals surface area (Å²) < 4.78 is 1.91. The Balaban J connectivity index is 1.65. The third kappa shape index (κ3) is 2.49. The Morgan fingerprint density at radius 3 is 2.75 bits per heavy atom. The van der Waals surface area contributed by atoms with Crippen LogP contribution in [0.1, 0.15) is 5.69 Å². The number of fused-ring (bicyclic) bond motifs is 1. The minimum absolute atomic E-state index is 0.0685. The standard InChI is InChI=1S/C14H16N4O2/c19-11-16-5-7-17(8-6-16)14(20)9-12-10-18-4-2-1-3-13(18)15-12/h1-4,10-11H,5-9H2. The van der Waals surface area contributed by atoms with E-state index < -0.39 is 0 Å². The molecule has 2 aromatic heterocycles. The van der Waals surface area contributed by atoms with Gasteiger partial charge in [-0.25, -0.2) is 4.98 Å². The summed E-state index contributed by atoms with van der Waals surface area (Å²) in [6.45, 7) is 2.43. The molecular formula is C14H16N4O2. The highest BCUT2D eigenvalue weighted by atomic mass is 16.2. The van der Waals surface area contributed by atoms with Crippen molar-refractivity contribution >= 4 is 18.0 Å². The molecule has 1 aliphatic rings. The molecule has 0 atom stereocenters. The number of pyridine rings is 1. The van der Waals surface area contributed by atoms with E-state index in [0.29, 0.717) is 32.6 Å². The number of aromatic nitrogens is 2. The Bertz CT molecular complexity index is 596. The van der Waals surface area contributed by atoms with Crippen LogP contribution in [0.25, 0.3) is 5.65 Å². The number of piperazine rings is 1. The van der Waals surface area contributed by atoms with Crippen LogP contribution in [0, 0.1) is 0 Å². The molecule has 2 aromatic rings. The fourth-order valence-corrected chi connectivity index (χ4v) is 2.42. The molecule has 20 heavy (non-hydrogen) atoms. The first-order valence-corrected chi connectivity index (χ1v) is 6.66. The molecule has 0 radical (unpaired) electrons. The first-order chi connectivity index (χ1) is 9.76. The average molecular weight is 272 g/mol. The molecule has 0 unspecified atom stereocenters. The molecule has 3 heterocycles. The number of hydrogen-bond donors (Lipinski definition) is 0.